The number of hydrogen-bond acceptors (Lipinski definition) is 1. The first-order valence-electron chi connectivity index (χ1n) is 5.85. The Morgan fingerprint density at radius 2 is 1.72 bits per heavy atom. The summed E-state index contributed by atoms with van der Waals surface area (Å²) >= 11 is 3.52. The fourth-order valence-electron chi connectivity index (χ4n) is 2.10. The van der Waals surface area contributed by atoms with Crippen molar-refractivity contribution in [2.45, 2.75) is 6.92 Å². The first-order chi connectivity index (χ1) is 8.74. The van der Waals surface area contributed by atoms with Gasteiger partial charge < -0.3 is 0 Å². The number of pyridine rings is 1. The highest BCUT2D eigenvalue weighted by atomic mass is 79.9. The third-order valence-corrected chi connectivity index (χ3v) is 3.56. The molecule has 1 aromatic heterocycles. The second-order valence-electron chi connectivity index (χ2n) is 4.39. The highest BCUT2D eigenvalue weighted by molar-refractivity contribution is 9.10. The Kier molecular flexibility index (Phi) is 2.88. The maximum Gasteiger partial charge on any atom is 0.0708 e. The molecule has 1 nitrogen and oxygen atoms in total. The predicted molar refractivity (Wildman–Crippen MR) is 79.6 cm³/mol. The van der Waals surface area contributed by atoms with Gasteiger partial charge >= 0.3 is 0 Å². The van der Waals surface area contributed by atoms with Crippen molar-refractivity contribution in [3.63, 3.8) is 0 Å². The van der Waals surface area contributed by atoms with Gasteiger partial charge in [0.25, 0.3) is 0 Å². The maximum atomic E-state index is 4.41. The second-order valence-corrected chi connectivity index (χ2v) is 5.30. The van der Waals surface area contributed by atoms with Crippen molar-refractivity contribution >= 4 is 26.8 Å². The molecule has 0 aliphatic carbocycles. The van der Waals surface area contributed by atoms with Crippen LogP contribution in [-0.4, -0.2) is 4.98 Å². The molecule has 0 unspecified atom stereocenters. The average Bonchev–Trinajstić information content (AvgIpc) is 2.39. The molecule has 0 aliphatic heterocycles. The second kappa shape index (κ2) is 4.54. The van der Waals surface area contributed by atoms with Crippen molar-refractivity contribution in [2.75, 3.05) is 0 Å². The summed E-state index contributed by atoms with van der Waals surface area (Å²) in [7, 11) is 0. The predicted octanol–water partition coefficient (Wildman–Crippen LogP) is 4.97. The number of hydrogen-bond donors (Lipinski definition) is 0. The lowest BCUT2D eigenvalue weighted by Crippen LogP contribution is -1.84. The Bertz CT molecular complexity index is 702. The molecule has 3 rings (SSSR count). The minimum absolute atomic E-state index is 1.02. The van der Waals surface area contributed by atoms with Crippen LogP contribution >= 0.6 is 15.9 Å². The number of aromatic nitrogens is 1. The lowest BCUT2D eigenvalue weighted by molar-refractivity contribution is 1.40. The number of fused-ring (bicyclic) bond motifs is 1. The van der Waals surface area contributed by atoms with Crippen molar-refractivity contribution < 1.29 is 0 Å². The summed E-state index contributed by atoms with van der Waals surface area (Å²) in [6.07, 6.45) is 1.87. The third kappa shape index (κ3) is 2.04. The first kappa shape index (κ1) is 11.4. The maximum absolute atomic E-state index is 4.41. The van der Waals surface area contributed by atoms with Crippen molar-refractivity contribution in [3.05, 3.63) is 64.8 Å². The molecular formula is C16H12BrN. The molecule has 3 aromatic rings. The third-order valence-electron chi connectivity index (χ3n) is 3.07. The Morgan fingerprint density at radius 3 is 2.50 bits per heavy atom. The van der Waals surface area contributed by atoms with Crippen molar-refractivity contribution in [1.29, 1.82) is 0 Å². The normalized spacial score (nSPS) is 10.8. The summed E-state index contributed by atoms with van der Waals surface area (Å²) in [5, 5.41) is 1.18. The summed E-state index contributed by atoms with van der Waals surface area (Å²) in [5.74, 6) is 0. The lowest BCUT2D eigenvalue weighted by Gasteiger charge is -2.07. The molecule has 2 aromatic carbocycles. The topological polar surface area (TPSA) is 12.9 Å². The van der Waals surface area contributed by atoms with Crippen LogP contribution in [0.2, 0.25) is 0 Å². The van der Waals surface area contributed by atoms with Gasteiger partial charge in [-0.05, 0) is 42.3 Å². The molecular weight excluding hydrogens is 286 g/mol. The van der Waals surface area contributed by atoms with Crippen LogP contribution in [0.15, 0.2) is 59.2 Å². The summed E-state index contributed by atoms with van der Waals surface area (Å²) in [6, 6.07) is 16.8. The zero-order valence-corrected chi connectivity index (χ0v) is 11.6. The van der Waals surface area contributed by atoms with Crippen LogP contribution in [0.4, 0.5) is 0 Å². The van der Waals surface area contributed by atoms with Crippen LogP contribution in [0, 0.1) is 6.92 Å². The lowest BCUT2D eigenvalue weighted by atomic mass is 10.0. The fourth-order valence-corrected chi connectivity index (χ4v) is 2.46. The molecule has 2 heteroatoms. The first-order valence-corrected chi connectivity index (χ1v) is 6.65. The molecule has 1 heterocycles. The van der Waals surface area contributed by atoms with E-state index in [1.165, 1.54) is 22.1 Å². The fraction of sp³-hybridized carbons (Fsp3) is 0.0625. The SMILES string of the molecule is Cc1ccc(-c2ccnc3ccc(Br)cc23)cc1. The molecule has 0 radical (unpaired) electrons. The van der Waals surface area contributed by atoms with E-state index < -0.39 is 0 Å². The highest BCUT2D eigenvalue weighted by Gasteiger charge is 2.04. The molecule has 0 N–H and O–H groups in total. The van der Waals surface area contributed by atoms with Gasteiger partial charge in [-0.3, -0.25) is 4.98 Å². The van der Waals surface area contributed by atoms with Gasteiger partial charge in [0.1, 0.15) is 0 Å². The molecule has 0 bridgehead atoms. The van der Waals surface area contributed by atoms with Crippen LogP contribution in [0.25, 0.3) is 22.0 Å². The molecule has 0 atom stereocenters. The summed E-state index contributed by atoms with van der Waals surface area (Å²) < 4.78 is 1.08. The molecule has 0 saturated heterocycles. The quantitative estimate of drug-likeness (QED) is 0.618. The van der Waals surface area contributed by atoms with Crippen LogP contribution in [-0.2, 0) is 0 Å². The van der Waals surface area contributed by atoms with E-state index in [0.29, 0.717) is 0 Å². The van der Waals surface area contributed by atoms with Crippen molar-refractivity contribution in [2.24, 2.45) is 0 Å². The molecule has 0 saturated carbocycles. The van der Waals surface area contributed by atoms with Crippen LogP contribution in [0.5, 0.6) is 0 Å². The zero-order chi connectivity index (χ0) is 12.5. The number of benzene rings is 2. The van der Waals surface area contributed by atoms with E-state index in [9.17, 15) is 0 Å². The molecule has 0 spiro atoms. The standard InChI is InChI=1S/C16H12BrN/c1-11-2-4-12(5-3-11)14-8-9-18-16-7-6-13(17)10-15(14)16/h2-10H,1H3. The number of aryl methyl sites for hydroxylation is 1. The van der Waals surface area contributed by atoms with Gasteiger partial charge in [-0.1, -0.05) is 45.8 Å². The van der Waals surface area contributed by atoms with E-state index in [4.69, 9.17) is 0 Å². The Labute approximate surface area is 115 Å². The summed E-state index contributed by atoms with van der Waals surface area (Å²) in [6.45, 7) is 2.10. The van der Waals surface area contributed by atoms with Gasteiger partial charge in [-0.15, -0.1) is 0 Å². The van der Waals surface area contributed by atoms with Crippen molar-refractivity contribution in [3.8, 4) is 11.1 Å². The number of rotatable bonds is 1. The summed E-state index contributed by atoms with van der Waals surface area (Å²) in [4.78, 5) is 4.41. The highest BCUT2D eigenvalue weighted by Crippen LogP contribution is 2.29. The van der Waals surface area contributed by atoms with E-state index in [0.717, 1.165) is 9.99 Å². The number of nitrogens with zero attached hydrogens (tertiary/aromatic N) is 1. The monoisotopic (exact) mass is 297 g/mol. The van der Waals surface area contributed by atoms with Gasteiger partial charge in [0, 0.05) is 16.1 Å². The van der Waals surface area contributed by atoms with Crippen LogP contribution in [0.1, 0.15) is 5.56 Å². The minimum Gasteiger partial charge on any atom is -0.256 e. The Hall–Kier alpha value is -1.67. The largest absolute Gasteiger partial charge is 0.256 e. The zero-order valence-electron chi connectivity index (χ0n) is 10.0. The van der Waals surface area contributed by atoms with E-state index in [1.54, 1.807) is 0 Å². The number of halogens is 1. The molecule has 0 fully saturated rings. The Morgan fingerprint density at radius 1 is 0.944 bits per heavy atom. The van der Waals surface area contributed by atoms with E-state index in [2.05, 4.69) is 64.2 Å². The van der Waals surface area contributed by atoms with E-state index in [-0.39, 0.29) is 0 Å². The van der Waals surface area contributed by atoms with E-state index >= 15 is 0 Å². The van der Waals surface area contributed by atoms with Gasteiger partial charge in [-0.2, -0.15) is 0 Å². The van der Waals surface area contributed by atoms with Gasteiger partial charge in [-0.25, -0.2) is 0 Å². The minimum atomic E-state index is 1.02. The molecule has 88 valence electrons. The van der Waals surface area contributed by atoms with Crippen LogP contribution in [0.3, 0.4) is 0 Å². The smallest absolute Gasteiger partial charge is 0.0708 e. The van der Waals surface area contributed by atoms with Gasteiger partial charge in [0.2, 0.25) is 0 Å². The van der Waals surface area contributed by atoms with Gasteiger partial charge in [0.15, 0.2) is 0 Å². The van der Waals surface area contributed by atoms with Gasteiger partial charge in [0.05, 0.1) is 5.52 Å². The summed E-state index contributed by atoms with van der Waals surface area (Å²) in [5.41, 5.74) is 4.75. The van der Waals surface area contributed by atoms with Crippen LogP contribution < -0.4 is 0 Å². The molecule has 0 amide bonds. The molecule has 18 heavy (non-hydrogen) atoms. The Balaban J connectivity index is 2.28. The average molecular weight is 298 g/mol. The van der Waals surface area contributed by atoms with E-state index in [1.807, 2.05) is 18.3 Å². The van der Waals surface area contributed by atoms with Crippen molar-refractivity contribution in [1.82, 2.24) is 4.98 Å². The molecule has 0 aliphatic rings.